The van der Waals surface area contributed by atoms with Gasteiger partial charge in [-0.3, -0.25) is 0 Å². The molecule has 4 nitrogen and oxygen atoms in total. The molecule has 1 heterocycles. The molecule has 0 spiro atoms. The summed E-state index contributed by atoms with van der Waals surface area (Å²) in [7, 11) is -3.72. The second-order valence-corrected chi connectivity index (χ2v) is 8.05. The van der Waals surface area contributed by atoms with Crippen LogP contribution in [0.2, 0.25) is 0 Å². The van der Waals surface area contributed by atoms with E-state index >= 15 is 0 Å². The van der Waals surface area contributed by atoms with E-state index in [1.54, 1.807) is 0 Å². The number of hydrogen-bond acceptors (Lipinski definition) is 4. The van der Waals surface area contributed by atoms with Crippen LogP contribution in [0.1, 0.15) is 19.3 Å². The lowest BCUT2D eigenvalue weighted by molar-refractivity contribution is -0.0328. The molecule has 1 aliphatic heterocycles. The zero-order valence-corrected chi connectivity index (χ0v) is 14.6. The van der Waals surface area contributed by atoms with E-state index in [0.29, 0.717) is 13.0 Å². The van der Waals surface area contributed by atoms with Crippen molar-refractivity contribution in [2.45, 2.75) is 40.6 Å². The van der Waals surface area contributed by atoms with Crippen LogP contribution in [-0.2, 0) is 10.0 Å². The van der Waals surface area contributed by atoms with Crippen LogP contribution in [0.25, 0.3) is 0 Å². The van der Waals surface area contributed by atoms with E-state index < -0.39 is 15.5 Å². The maximum Gasteiger partial charge on any atom is 0.446 e. The van der Waals surface area contributed by atoms with Crippen molar-refractivity contribution >= 4 is 34.2 Å². The Hall–Kier alpha value is -0.480. The van der Waals surface area contributed by atoms with Gasteiger partial charge < -0.3 is 5.73 Å². The molecule has 1 unspecified atom stereocenters. The minimum Gasteiger partial charge on any atom is -0.329 e. The maximum atomic E-state index is 12.6. The molecule has 0 aromatic heterocycles. The van der Waals surface area contributed by atoms with E-state index in [2.05, 4.69) is 0 Å². The van der Waals surface area contributed by atoms with Gasteiger partial charge in [-0.25, -0.2) is 8.42 Å². The number of halogens is 4. The van der Waals surface area contributed by atoms with E-state index in [1.807, 2.05) is 0 Å². The van der Waals surface area contributed by atoms with E-state index in [0.717, 1.165) is 12.8 Å². The number of alkyl halides is 3. The third-order valence-electron chi connectivity index (χ3n) is 3.51. The quantitative estimate of drug-likeness (QED) is 0.802. The van der Waals surface area contributed by atoms with Gasteiger partial charge in [0.2, 0.25) is 10.0 Å². The third kappa shape index (κ3) is 5.25. The van der Waals surface area contributed by atoms with E-state index in [4.69, 9.17) is 5.73 Å². The molecule has 2 N–H and O–H groups in total. The highest BCUT2D eigenvalue weighted by atomic mass is 35.5. The van der Waals surface area contributed by atoms with Gasteiger partial charge in [-0.2, -0.15) is 17.5 Å². The summed E-state index contributed by atoms with van der Waals surface area (Å²) in [4.78, 5) is -0.0418. The van der Waals surface area contributed by atoms with Crippen molar-refractivity contribution in [3.8, 4) is 0 Å². The van der Waals surface area contributed by atoms with Crippen molar-refractivity contribution in [1.82, 2.24) is 4.31 Å². The molecule has 1 saturated heterocycles. The monoisotopic (exact) mass is 390 g/mol. The second-order valence-electron chi connectivity index (χ2n) is 5.02. The van der Waals surface area contributed by atoms with Crippen molar-refractivity contribution < 1.29 is 21.6 Å². The van der Waals surface area contributed by atoms with Crippen molar-refractivity contribution in [1.29, 1.82) is 0 Å². The highest BCUT2D eigenvalue weighted by Gasteiger charge is 2.33. The largest absolute Gasteiger partial charge is 0.446 e. The highest BCUT2D eigenvalue weighted by Crippen LogP contribution is 2.37. The van der Waals surface area contributed by atoms with Gasteiger partial charge in [0.25, 0.3) is 0 Å². The summed E-state index contributed by atoms with van der Waals surface area (Å²) in [5.41, 5.74) is 1.24. The van der Waals surface area contributed by atoms with Crippen LogP contribution in [0.3, 0.4) is 0 Å². The van der Waals surface area contributed by atoms with Gasteiger partial charge in [-0.1, -0.05) is 6.42 Å². The van der Waals surface area contributed by atoms with E-state index in [1.165, 1.54) is 28.6 Å². The minimum absolute atomic E-state index is 0. The number of thioether (sulfide) groups is 1. The summed E-state index contributed by atoms with van der Waals surface area (Å²) in [5, 5.41) is 0. The van der Waals surface area contributed by atoms with Crippen molar-refractivity contribution in [2.75, 3.05) is 13.1 Å². The standard InChI is InChI=1S/C13H17F3N2O2S2.ClH/c14-13(15,16)21-11-4-6-12(7-5-11)22(19,20)18-8-2-1-3-10(18)9-17;/h4-7,10H,1-3,8-9,17H2;1H. The lowest BCUT2D eigenvalue weighted by Gasteiger charge is -2.33. The fourth-order valence-corrected chi connectivity index (χ4v) is 4.72. The summed E-state index contributed by atoms with van der Waals surface area (Å²) in [5.74, 6) is 0. The molecular formula is C13H18ClF3N2O2S2. The Morgan fingerprint density at radius 2 is 1.83 bits per heavy atom. The van der Waals surface area contributed by atoms with Gasteiger partial charge in [0.1, 0.15) is 0 Å². The van der Waals surface area contributed by atoms with Crippen molar-refractivity contribution in [2.24, 2.45) is 5.73 Å². The number of piperidine rings is 1. The zero-order chi connectivity index (χ0) is 16.4. The zero-order valence-electron chi connectivity index (χ0n) is 12.1. The predicted octanol–water partition coefficient (Wildman–Crippen LogP) is 3.22. The highest BCUT2D eigenvalue weighted by molar-refractivity contribution is 8.00. The number of benzene rings is 1. The summed E-state index contributed by atoms with van der Waals surface area (Å²) >= 11 is -0.268. The molecule has 1 atom stereocenters. The first-order valence-electron chi connectivity index (χ1n) is 6.82. The number of rotatable bonds is 4. The second kappa shape index (κ2) is 8.06. The summed E-state index contributed by atoms with van der Waals surface area (Å²) in [6.07, 6.45) is 2.39. The SMILES string of the molecule is Cl.NCC1CCCCN1S(=O)(=O)c1ccc(SC(F)(F)F)cc1. The Balaban J connectivity index is 0.00000264. The van der Waals surface area contributed by atoms with Crippen molar-refractivity contribution in [3.63, 3.8) is 0 Å². The molecule has 1 aromatic carbocycles. The van der Waals surface area contributed by atoms with Gasteiger partial charge in [0.15, 0.2) is 0 Å². The fraction of sp³-hybridized carbons (Fsp3) is 0.538. The molecule has 0 aliphatic carbocycles. The molecule has 0 amide bonds. The molecule has 132 valence electrons. The molecule has 23 heavy (non-hydrogen) atoms. The van der Waals surface area contributed by atoms with Crippen LogP contribution in [0.15, 0.2) is 34.1 Å². The van der Waals surface area contributed by atoms with Crippen LogP contribution < -0.4 is 5.73 Å². The summed E-state index contributed by atoms with van der Waals surface area (Å²) in [6, 6.07) is 4.53. The fourth-order valence-electron chi connectivity index (χ4n) is 2.47. The molecule has 0 radical (unpaired) electrons. The number of nitrogens with zero attached hydrogens (tertiary/aromatic N) is 1. The number of sulfonamides is 1. The third-order valence-corrected chi connectivity index (χ3v) is 6.21. The molecule has 0 saturated carbocycles. The topological polar surface area (TPSA) is 63.4 Å². The average molecular weight is 391 g/mol. The molecule has 10 heteroatoms. The molecule has 0 bridgehead atoms. The lowest BCUT2D eigenvalue weighted by Crippen LogP contribution is -2.47. The van der Waals surface area contributed by atoms with Gasteiger partial charge >= 0.3 is 5.51 Å². The van der Waals surface area contributed by atoms with Gasteiger partial charge in [-0.15, -0.1) is 12.4 Å². The summed E-state index contributed by atoms with van der Waals surface area (Å²) < 4.78 is 63.4. The Bertz CT molecular complexity index is 609. The molecule has 1 aliphatic rings. The van der Waals surface area contributed by atoms with Gasteiger partial charge in [0, 0.05) is 24.0 Å². The molecule has 1 aromatic rings. The normalized spacial score (nSPS) is 20.1. The van der Waals surface area contributed by atoms with Crippen LogP contribution in [0.4, 0.5) is 13.2 Å². The lowest BCUT2D eigenvalue weighted by atomic mass is 10.1. The Morgan fingerprint density at radius 3 is 2.35 bits per heavy atom. The van der Waals surface area contributed by atoms with E-state index in [-0.39, 0.29) is 46.5 Å². The number of hydrogen-bond donors (Lipinski definition) is 1. The predicted molar refractivity (Wildman–Crippen MR) is 86.2 cm³/mol. The smallest absolute Gasteiger partial charge is 0.329 e. The summed E-state index contributed by atoms with van der Waals surface area (Å²) in [6.45, 7) is 0.629. The van der Waals surface area contributed by atoms with Gasteiger partial charge in [0.05, 0.1) is 4.90 Å². The maximum absolute atomic E-state index is 12.6. The minimum atomic E-state index is -4.39. The average Bonchev–Trinajstić information content (AvgIpc) is 2.46. The molecule has 1 fully saturated rings. The van der Waals surface area contributed by atoms with E-state index in [9.17, 15) is 21.6 Å². The number of nitrogens with two attached hydrogens (primary N) is 1. The van der Waals surface area contributed by atoms with Crippen LogP contribution >= 0.6 is 24.2 Å². The Labute approximate surface area is 144 Å². The molecule has 2 rings (SSSR count). The first-order valence-corrected chi connectivity index (χ1v) is 9.07. The first-order chi connectivity index (χ1) is 10.2. The van der Waals surface area contributed by atoms with Gasteiger partial charge in [-0.05, 0) is 48.9 Å². The van der Waals surface area contributed by atoms with Crippen LogP contribution in [0, 0.1) is 0 Å². The van der Waals surface area contributed by atoms with Crippen molar-refractivity contribution in [3.05, 3.63) is 24.3 Å². The Kier molecular flexibility index (Phi) is 7.21. The van der Waals surface area contributed by atoms with Crippen LogP contribution in [-0.4, -0.2) is 37.4 Å². The first kappa shape index (κ1) is 20.6. The molecular weight excluding hydrogens is 373 g/mol. The Morgan fingerprint density at radius 1 is 1.22 bits per heavy atom. The van der Waals surface area contributed by atoms with Crippen LogP contribution in [0.5, 0.6) is 0 Å².